The average Bonchev–Trinajstić information content (AvgIpc) is 2.90. The van der Waals surface area contributed by atoms with Crippen LogP contribution in [0.25, 0.3) is 0 Å². The highest BCUT2D eigenvalue weighted by Gasteiger charge is 2.34. The van der Waals surface area contributed by atoms with Crippen molar-refractivity contribution in [3.63, 3.8) is 0 Å². The Morgan fingerprint density at radius 1 is 1.12 bits per heavy atom. The molecule has 5 nitrogen and oxygen atoms in total. The lowest BCUT2D eigenvalue weighted by Gasteiger charge is -2.17. The molecule has 25 heavy (non-hydrogen) atoms. The zero-order valence-electron chi connectivity index (χ0n) is 12.7. The molecule has 1 fully saturated rings. The quantitative estimate of drug-likeness (QED) is 0.878. The highest BCUT2D eigenvalue weighted by molar-refractivity contribution is 7.89. The maximum atomic E-state index is 13.7. The second-order valence-electron chi connectivity index (χ2n) is 5.58. The Balaban J connectivity index is 1.79. The number of amides is 1. The van der Waals surface area contributed by atoms with E-state index in [1.54, 1.807) is 24.3 Å². The summed E-state index contributed by atoms with van der Waals surface area (Å²) in [5.41, 5.74) is 0.577. The second kappa shape index (κ2) is 6.70. The van der Waals surface area contributed by atoms with E-state index in [-0.39, 0.29) is 18.9 Å². The van der Waals surface area contributed by atoms with E-state index in [2.05, 4.69) is 4.72 Å². The van der Waals surface area contributed by atoms with Crippen LogP contribution in [0.2, 0.25) is 5.02 Å². The fourth-order valence-electron chi connectivity index (χ4n) is 2.62. The second-order valence-corrected chi connectivity index (χ2v) is 7.70. The van der Waals surface area contributed by atoms with E-state index in [4.69, 9.17) is 11.6 Å². The first-order valence-electron chi connectivity index (χ1n) is 7.29. The molecule has 1 N–H and O–H groups in total. The van der Waals surface area contributed by atoms with Gasteiger partial charge in [0.25, 0.3) is 0 Å². The van der Waals surface area contributed by atoms with Crippen molar-refractivity contribution >= 4 is 33.2 Å². The highest BCUT2D eigenvalue weighted by atomic mass is 35.5. The molecule has 9 heteroatoms. The van der Waals surface area contributed by atoms with E-state index in [9.17, 15) is 22.0 Å². The van der Waals surface area contributed by atoms with E-state index in [1.165, 1.54) is 4.90 Å². The maximum absolute atomic E-state index is 13.7. The van der Waals surface area contributed by atoms with Gasteiger partial charge in [-0.2, -0.15) is 0 Å². The molecule has 3 rings (SSSR count). The summed E-state index contributed by atoms with van der Waals surface area (Å²) in [6.45, 7) is 0.0800. The van der Waals surface area contributed by atoms with Crippen LogP contribution < -0.4 is 9.62 Å². The molecule has 1 saturated heterocycles. The SMILES string of the molecule is O=C1CC(NS(=O)(=O)c2cc(F)ccc2F)CN1c1ccc(Cl)cc1. The van der Waals surface area contributed by atoms with E-state index in [0.29, 0.717) is 16.8 Å². The number of benzene rings is 2. The van der Waals surface area contributed by atoms with E-state index in [1.807, 2.05) is 0 Å². The smallest absolute Gasteiger partial charge is 0.243 e. The minimum absolute atomic E-state index is 0.0800. The molecular weight excluding hydrogens is 374 g/mol. The summed E-state index contributed by atoms with van der Waals surface area (Å²) in [6.07, 6.45) is -0.0845. The van der Waals surface area contributed by atoms with E-state index >= 15 is 0 Å². The van der Waals surface area contributed by atoms with Crippen molar-refractivity contribution in [3.05, 3.63) is 59.1 Å². The van der Waals surface area contributed by atoms with Crippen molar-refractivity contribution < 1.29 is 22.0 Å². The van der Waals surface area contributed by atoms with Crippen LogP contribution in [-0.4, -0.2) is 26.9 Å². The van der Waals surface area contributed by atoms with Gasteiger partial charge in [-0.25, -0.2) is 21.9 Å². The number of sulfonamides is 1. The van der Waals surface area contributed by atoms with Gasteiger partial charge in [-0.15, -0.1) is 0 Å². The number of nitrogens with zero attached hydrogens (tertiary/aromatic N) is 1. The molecule has 0 spiro atoms. The van der Waals surface area contributed by atoms with Crippen molar-refractivity contribution in [1.29, 1.82) is 0 Å². The highest BCUT2D eigenvalue weighted by Crippen LogP contribution is 2.24. The molecule has 0 bridgehead atoms. The Labute approximate surface area is 148 Å². The normalized spacial score (nSPS) is 18.0. The van der Waals surface area contributed by atoms with Crippen molar-refractivity contribution in [2.24, 2.45) is 0 Å². The Morgan fingerprint density at radius 3 is 2.48 bits per heavy atom. The summed E-state index contributed by atoms with van der Waals surface area (Å²) < 4.78 is 53.8. The van der Waals surface area contributed by atoms with Crippen LogP contribution in [0.1, 0.15) is 6.42 Å². The summed E-state index contributed by atoms with van der Waals surface area (Å²) in [5.74, 6) is -2.21. The van der Waals surface area contributed by atoms with Gasteiger partial charge >= 0.3 is 0 Å². The third kappa shape index (κ3) is 3.81. The van der Waals surface area contributed by atoms with Crippen molar-refractivity contribution in [2.75, 3.05) is 11.4 Å². The molecule has 1 amide bonds. The number of hydrogen-bond donors (Lipinski definition) is 1. The molecule has 0 aliphatic carbocycles. The number of halogens is 3. The summed E-state index contributed by atoms with van der Waals surface area (Å²) in [7, 11) is -4.30. The van der Waals surface area contributed by atoms with E-state index < -0.39 is 32.6 Å². The molecule has 1 aliphatic rings. The van der Waals surface area contributed by atoms with Gasteiger partial charge in [-0.3, -0.25) is 4.79 Å². The van der Waals surface area contributed by atoms with Gasteiger partial charge in [-0.1, -0.05) is 11.6 Å². The summed E-state index contributed by atoms with van der Waals surface area (Å²) in [6, 6.07) is 7.93. The van der Waals surface area contributed by atoms with Gasteiger partial charge in [0, 0.05) is 29.7 Å². The van der Waals surface area contributed by atoms with Gasteiger partial charge in [0.1, 0.15) is 16.5 Å². The number of anilines is 1. The molecule has 2 aromatic carbocycles. The third-order valence-corrected chi connectivity index (χ3v) is 5.56. The maximum Gasteiger partial charge on any atom is 0.243 e. The molecule has 1 aliphatic heterocycles. The molecule has 1 unspecified atom stereocenters. The number of carbonyl (C=O) groups excluding carboxylic acids is 1. The summed E-state index contributed by atoms with van der Waals surface area (Å²) in [5, 5.41) is 0.509. The van der Waals surface area contributed by atoms with Crippen LogP contribution in [-0.2, 0) is 14.8 Å². The predicted octanol–water partition coefficient (Wildman–Crippen LogP) is 2.70. The molecule has 0 radical (unpaired) electrons. The molecule has 1 heterocycles. The van der Waals surface area contributed by atoms with Crippen LogP contribution in [0.4, 0.5) is 14.5 Å². The predicted molar refractivity (Wildman–Crippen MR) is 88.9 cm³/mol. The Hall–Kier alpha value is -2.03. The lowest BCUT2D eigenvalue weighted by Crippen LogP contribution is -2.37. The molecule has 2 aromatic rings. The van der Waals surface area contributed by atoms with Crippen molar-refractivity contribution in [3.8, 4) is 0 Å². The molecule has 0 saturated carbocycles. The van der Waals surface area contributed by atoms with E-state index in [0.717, 1.165) is 12.1 Å². The Kier molecular flexibility index (Phi) is 4.77. The lowest BCUT2D eigenvalue weighted by atomic mass is 10.3. The summed E-state index contributed by atoms with van der Waals surface area (Å²) >= 11 is 5.80. The first kappa shape index (κ1) is 17.8. The number of rotatable bonds is 4. The van der Waals surface area contributed by atoms with Crippen molar-refractivity contribution in [2.45, 2.75) is 17.4 Å². The van der Waals surface area contributed by atoms with Gasteiger partial charge in [0.2, 0.25) is 15.9 Å². The standard InChI is InChI=1S/C16H13ClF2N2O3S/c17-10-1-4-13(5-2-10)21-9-12(8-16(21)22)20-25(23,24)15-7-11(18)3-6-14(15)19/h1-7,12,20H,8-9H2. The number of nitrogens with one attached hydrogen (secondary N) is 1. The minimum Gasteiger partial charge on any atom is -0.311 e. The topological polar surface area (TPSA) is 66.5 Å². The molecule has 0 aromatic heterocycles. The van der Waals surface area contributed by atoms with Crippen LogP contribution in [0, 0.1) is 11.6 Å². The average molecular weight is 387 g/mol. The largest absolute Gasteiger partial charge is 0.311 e. The van der Waals surface area contributed by atoms with Crippen LogP contribution >= 0.6 is 11.6 Å². The lowest BCUT2D eigenvalue weighted by molar-refractivity contribution is -0.117. The molecule has 132 valence electrons. The zero-order chi connectivity index (χ0) is 18.2. The fraction of sp³-hybridized carbons (Fsp3) is 0.188. The first-order chi connectivity index (χ1) is 11.8. The van der Waals surface area contributed by atoms with Crippen molar-refractivity contribution in [1.82, 2.24) is 4.72 Å². The third-order valence-electron chi connectivity index (χ3n) is 3.77. The molecular formula is C16H13ClF2N2O3S. The van der Waals surface area contributed by atoms with Crippen LogP contribution in [0.15, 0.2) is 47.4 Å². The van der Waals surface area contributed by atoms with Crippen LogP contribution in [0.5, 0.6) is 0 Å². The Bertz CT molecular complexity index is 919. The monoisotopic (exact) mass is 386 g/mol. The van der Waals surface area contributed by atoms with Gasteiger partial charge < -0.3 is 4.90 Å². The number of carbonyl (C=O) groups is 1. The summed E-state index contributed by atoms with van der Waals surface area (Å²) in [4.78, 5) is 12.8. The zero-order valence-corrected chi connectivity index (χ0v) is 14.3. The number of hydrogen-bond acceptors (Lipinski definition) is 3. The van der Waals surface area contributed by atoms with Gasteiger partial charge in [-0.05, 0) is 42.5 Å². The molecule has 1 atom stereocenters. The fourth-order valence-corrected chi connectivity index (χ4v) is 4.07. The minimum atomic E-state index is -4.30. The Morgan fingerprint density at radius 2 is 1.80 bits per heavy atom. The van der Waals surface area contributed by atoms with Crippen LogP contribution in [0.3, 0.4) is 0 Å². The first-order valence-corrected chi connectivity index (χ1v) is 9.16. The van der Waals surface area contributed by atoms with Gasteiger partial charge in [0.05, 0.1) is 0 Å². The van der Waals surface area contributed by atoms with Gasteiger partial charge in [0.15, 0.2) is 0 Å².